The second-order valence-electron chi connectivity index (χ2n) is 2.46. The highest BCUT2D eigenvalue weighted by Gasteiger charge is 1.98. The zero-order valence-electron chi connectivity index (χ0n) is 7.27. The van der Waals surface area contributed by atoms with Gasteiger partial charge in [-0.05, 0) is 23.7 Å². The summed E-state index contributed by atoms with van der Waals surface area (Å²) in [6.45, 7) is 0. The fourth-order valence-electron chi connectivity index (χ4n) is 0.806. The van der Waals surface area contributed by atoms with Crippen molar-refractivity contribution in [1.82, 2.24) is 0 Å². The smallest absolute Gasteiger partial charge is 0.328 e. The summed E-state index contributed by atoms with van der Waals surface area (Å²) in [6, 6.07) is 3.49. The number of rotatable bonds is 5. The van der Waals surface area contributed by atoms with Crippen molar-refractivity contribution in [2.45, 2.75) is 5.75 Å². The second kappa shape index (κ2) is 5.78. The van der Waals surface area contributed by atoms with Crippen LogP contribution in [0.15, 0.2) is 28.7 Å². The summed E-state index contributed by atoms with van der Waals surface area (Å²) in [5, 5.41) is 8.68. The highest BCUT2D eigenvalue weighted by atomic mass is 35.5. The molecule has 1 aromatic heterocycles. The van der Waals surface area contributed by atoms with Gasteiger partial charge in [-0.25, -0.2) is 4.79 Å². The van der Waals surface area contributed by atoms with Crippen LogP contribution in [0.1, 0.15) is 5.76 Å². The third kappa shape index (κ3) is 4.39. The number of carboxylic acid groups (broad SMARTS) is 1. The van der Waals surface area contributed by atoms with Crippen LogP contribution in [0.2, 0.25) is 5.22 Å². The predicted octanol–water partition coefficient (Wildman–Crippen LogP) is 2.81. The highest BCUT2D eigenvalue weighted by molar-refractivity contribution is 7.98. The van der Waals surface area contributed by atoms with E-state index in [0.29, 0.717) is 16.7 Å². The van der Waals surface area contributed by atoms with Gasteiger partial charge in [0.1, 0.15) is 5.76 Å². The molecule has 1 aromatic rings. The molecular formula is C9H9ClO3S. The number of thioether (sulfide) groups is 1. The molecule has 1 N–H and O–H groups in total. The molecule has 0 bridgehead atoms. The predicted molar refractivity (Wildman–Crippen MR) is 56.7 cm³/mol. The van der Waals surface area contributed by atoms with E-state index in [1.54, 1.807) is 30.0 Å². The van der Waals surface area contributed by atoms with E-state index in [1.165, 1.54) is 0 Å². The quantitative estimate of drug-likeness (QED) is 0.627. The van der Waals surface area contributed by atoms with Crippen molar-refractivity contribution >= 4 is 29.3 Å². The number of hydrogen-bond donors (Lipinski definition) is 1. The number of halogens is 1. The standard InChI is InChI=1S/C9H9ClO3S/c10-8-4-3-7(13-8)6-14-5-1-2-9(11)12/h1-4H,5-6H2,(H,11,12)/b2-1+. The van der Waals surface area contributed by atoms with E-state index < -0.39 is 5.97 Å². The van der Waals surface area contributed by atoms with Crippen molar-refractivity contribution in [1.29, 1.82) is 0 Å². The molecule has 0 unspecified atom stereocenters. The van der Waals surface area contributed by atoms with Gasteiger partial charge in [-0.2, -0.15) is 0 Å². The van der Waals surface area contributed by atoms with Crippen molar-refractivity contribution < 1.29 is 14.3 Å². The van der Waals surface area contributed by atoms with Crippen molar-refractivity contribution in [2.24, 2.45) is 0 Å². The lowest BCUT2D eigenvalue weighted by Crippen LogP contribution is -1.86. The number of hydrogen-bond acceptors (Lipinski definition) is 3. The Labute approximate surface area is 90.7 Å². The van der Waals surface area contributed by atoms with Crippen LogP contribution in [-0.2, 0) is 10.5 Å². The third-order valence-corrected chi connectivity index (χ3v) is 2.47. The molecule has 0 spiro atoms. The lowest BCUT2D eigenvalue weighted by Gasteiger charge is -1.92. The Balaban J connectivity index is 2.19. The van der Waals surface area contributed by atoms with Crippen LogP contribution in [0.4, 0.5) is 0 Å². The average Bonchev–Trinajstić information content (AvgIpc) is 2.50. The molecule has 76 valence electrons. The van der Waals surface area contributed by atoms with Crippen LogP contribution < -0.4 is 0 Å². The van der Waals surface area contributed by atoms with Crippen LogP contribution in [0.3, 0.4) is 0 Å². The zero-order chi connectivity index (χ0) is 10.4. The molecule has 0 aromatic carbocycles. The molecule has 5 heteroatoms. The van der Waals surface area contributed by atoms with Crippen LogP contribution in [-0.4, -0.2) is 16.8 Å². The number of aliphatic carboxylic acids is 1. The van der Waals surface area contributed by atoms with Gasteiger partial charge < -0.3 is 9.52 Å². The van der Waals surface area contributed by atoms with Gasteiger partial charge in [-0.15, -0.1) is 11.8 Å². The van der Waals surface area contributed by atoms with E-state index in [0.717, 1.165) is 11.8 Å². The van der Waals surface area contributed by atoms with E-state index in [4.69, 9.17) is 21.1 Å². The summed E-state index contributed by atoms with van der Waals surface area (Å²) >= 11 is 7.13. The molecule has 0 fully saturated rings. The average molecular weight is 233 g/mol. The van der Waals surface area contributed by atoms with E-state index in [1.807, 2.05) is 0 Å². The Kier molecular flexibility index (Phi) is 4.62. The largest absolute Gasteiger partial charge is 0.478 e. The van der Waals surface area contributed by atoms with Crippen LogP contribution in [0.5, 0.6) is 0 Å². The topological polar surface area (TPSA) is 50.4 Å². The number of carbonyl (C=O) groups is 1. The summed E-state index contributed by atoms with van der Waals surface area (Å²) in [5.74, 6) is 1.21. The molecule has 0 radical (unpaired) electrons. The zero-order valence-corrected chi connectivity index (χ0v) is 8.85. The maximum absolute atomic E-state index is 10.1. The first-order valence-corrected chi connectivity index (χ1v) is 5.43. The van der Waals surface area contributed by atoms with Crippen molar-refractivity contribution in [3.8, 4) is 0 Å². The minimum absolute atomic E-state index is 0.377. The Morgan fingerprint density at radius 2 is 2.43 bits per heavy atom. The van der Waals surface area contributed by atoms with Gasteiger partial charge in [-0.3, -0.25) is 0 Å². The first-order valence-electron chi connectivity index (χ1n) is 3.90. The normalized spacial score (nSPS) is 10.9. The molecule has 0 aliphatic heterocycles. The van der Waals surface area contributed by atoms with E-state index in [2.05, 4.69) is 0 Å². The summed E-state index contributed by atoms with van der Waals surface area (Å²) in [6.07, 6.45) is 2.72. The first kappa shape index (κ1) is 11.2. The molecule has 1 heterocycles. The first-order chi connectivity index (χ1) is 6.68. The Bertz CT molecular complexity index is 333. The molecule has 0 aliphatic carbocycles. The molecule has 3 nitrogen and oxygen atoms in total. The van der Waals surface area contributed by atoms with Gasteiger partial charge >= 0.3 is 5.97 Å². The summed E-state index contributed by atoms with van der Waals surface area (Å²) in [7, 11) is 0. The summed E-state index contributed by atoms with van der Waals surface area (Å²) in [5.41, 5.74) is 0. The molecule has 0 saturated heterocycles. The Hall–Kier alpha value is -0.870. The molecule has 0 amide bonds. The van der Waals surface area contributed by atoms with Crippen LogP contribution in [0, 0.1) is 0 Å². The monoisotopic (exact) mass is 232 g/mol. The van der Waals surface area contributed by atoms with Crippen LogP contribution in [0.25, 0.3) is 0 Å². The minimum atomic E-state index is -0.924. The molecule has 0 atom stereocenters. The molecule has 1 rings (SSSR count). The maximum atomic E-state index is 10.1. The summed E-state index contributed by atoms with van der Waals surface area (Å²) < 4.78 is 5.12. The lowest BCUT2D eigenvalue weighted by atomic mass is 10.5. The van der Waals surface area contributed by atoms with Crippen molar-refractivity contribution in [3.05, 3.63) is 35.3 Å². The van der Waals surface area contributed by atoms with Crippen LogP contribution >= 0.6 is 23.4 Å². The summed E-state index contributed by atoms with van der Waals surface area (Å²) in [4.78, 5) is 10.1. The van der Waals surface area contributed by atoms with Gasteiger partial charge in [0.15, 0.2) is 5.22 Å². The van der Waals surface area contributed by atoms with Gasteiger partial charge in [0.2, 0.25) is 0 Å². The van der Waals surface area contributed by atoms with E-state index in [9.17, 15) is 4.79 Å². The molecular weight excluding hydrogens is 224 g/mol. The second-order valence-corrected chi connectivity index (χ2v) is 3.86. The third-order valence-electron chi connectivity index (χ3n) is 1.35. The van der Waals surface area contributed by atoms with Crippen molar-refractivity contribution in [2.75, 3.05) is 5.75 Å². The van der Waals surface area contributed by atoms with Gasteiger partial charge in [0.25, 0.3) is 0 Å². The molecule has 14 heavy (non-hydrogen) atoms. The fourth-order valence-corrected chi connectivity index (χ4v) is 1.67. The number of carboxylic acids is 1. The van der Waals surface area contributed by atoms with Gasteiger partial charge in [0, 0.05) is 11.8 Å². The SMILES string of the molecule is O=C(O)/C=C/CSCc1ccc(Cl)o1. The van der Waals surface area contributed by atoms with E-state index >= 15 is 0 Å². The fraction of sp³-hybridized carbons (Fsp3) is 0.222. The Morgan fingerprint density at radius 3 is 3.00 bits per heavy atom. The van der Waals surface area contributed by atoms with Gasteiger partial charge in [-0.1, -0.05) is 6.08 Å². The van der Waals surface area contributed by atoms with Crippen molar-refractivity contribution in [3.63, 3.8) is 0 Å². The Morgan fingerprint density at radius 1 is 1.64 bits per heavy atom. The highest BCUT2D eigenvalue weighted by Crippen LogP contribution is 2.18. The lowest BCUT2D eigenvalue weighted by molar-refractivity contribution is -0.131. The number of furan rings is 1. The molecule has 0 aliphatic rings. The minimum Gasteiger partial charge on any atom is -0.478 e. The maximum Gasteiger partial charge on any atom is 0.328 e. The van der Waals surface area contributed by atoms with E-state index in [-0.39, 0.29) is 0 Å². The molecule has 0 saturated carbocycles. The van der Waals surface area contributed by atoms with Gasteiger partial charge in [0.05, 0.1) is 5.75 Å².